The minimum atomic E-state index is -0.0991. The summed E-state index contributed by atoms with van der Waals surface area (Å²) in [4.78, 5) is 24.5. The van der Waals surface area contributed by atoms with Crippen LogP contribution in [-0.4, -0.2) is 47.3 Å². The van der Waals surface area contributed by atoms with E-state index in [1.165, 1.54) is 16.4 Å². The van der Waals surface area contributed by atoms with E-state index in [0.29, 0.717) is 29.7 Å². The number of nitrogens with one attached hydrogen (secondary N) is 1. The molecule has 3 aromatic rings. The van der Waals surface area contributed by atoms with Gasteiger partial charge in [-0.1, -0.05) is 29.4 Å². The highest BCUT2D eigenvalue weighted by Crippen LogP contribution is 2.23. The number of amides is 1. The predicted octanol–water partition coefficient (Wildman–Crippen LogP) is 2.22. The largest absolute Gasteiger partial charge is 0.355 e. The maximum atomic E-state index is 12.3. The molecule has 1 aliphatic heterocycles. The zero-order valence-corrected chi connectivity index (χ0v) is 18.8. The maximum absolute atomic E-state index is 12.3. The van der Waals surface area contributed by atoms with Crippen LogP contribution in [0.5, 0.6) is 0 Å². The molecule has 0 saturated heterocycles. The second-order valence-corrected chi connectivity index (χ2v) is 8.79. The number of carbonyl (C=O) groups excluding carboxylic acids is 1. The number of thioether (sulfide) groups is 1. The Bertz CT molecular complexity index is 1140. The molecule has 0 spiro atoms. The number of hydrogen-bond acceptors (Lipinski definition) is 6. The van der Waals surface area contributed by atoms with Gasteiger partial charge in [-0.25, -0.2) is 9.48 Å². The van der Waals surface area contributed by atoms with Crippen LogP contribution in [0.2, 0.25) is 5.02 Å². The number of aromatic nitrogens is 6. The van der Waals surface area contributed by atoms with Crippen molar-refractivity contribution in [1.29, 1.82) is 0 Å². The number of rotatable bonds is 8. The topological polar surface area (TPSA) is 99.6 Å². The number of fused-ring (bicyclic) bond motifs is 1. The molecule has 1 amide bonds. The zero-order chi connectivity index (χ0) is 21.8. The first-order chi connectivity index (χ1) is 15.0. The second-order valence-electron chi connectivity index (χ2n) is 7.44. The Balaban J connectivity index is 1.24. The number of nitrogens with zero attached hydrogens (tertiary/aromatic N) is 6. The van der Waals surface area contributed by atoms with Gasteiger partial charge in [-0.2, -0.15) is 5.10 Å². The molecule has 1 aliphatic rings. The van der Waals surface area contributed by atoms with E-state index in [4.69, 9.17) is 11.6 Å². The monoisotopic (exact) mass is 461 g/mol. The lowest BCUT2D eigenvalue weighted by Gasteiger charge is -2.09. The third-order valence-corrected chi connectivity index (χ3v) is 6.53. The highest BCUT2D eigenvalue weighted by Gasteiger charge is 2.16. The molecule has 9 nitrogen and oxygen atoms in total. The van der Waals surface area contributed by atoms with E-state index in [1.54, 1.807) is 15.5 Å². The van der Waals surface area contributed by atoms with Crippen LogP contribution in [-0.2, 0) is 24.3 Å². The van der Waals surface area contributed by atoms with E-state index in [-0.39, 0.29) is 17.3 Å². The molecular formula is C20H24ClN7O2S. The van der Waals surface area contributed by atoms with E-state index in [2.05, 4.69) is 20.6 Å². The molecule has 0 unspecified atom stereocenters. The predicted molar refractivity (Wildman–Crippen MR) is 119 cm³/mol. The lowest BCUT2D eigenvalue weighted by atomic mass is 10.2. The summed E-state index contributed by atoms with van der Waals surface area (Å²) < 4.78 is 5.07. The van der Waals surface area contributed by atoms with Gasteiger partial charge in [-0.15, -0.1) is 10.2 Å². The van der Waals surface area contributed by atoms with Crippen molar-refractivity contribution in [2.45, 2.75) is 50.9 Å². The van der Waals surface area contributed by atoms with Gasteiger partial charge < -0.3 is 5.32 Å². The zero-order valence-electron chi connectivity index (χ0n) is 17.3. The molecule has 0 saturated carbocycles. The van der Waals surface area contributed by atoms with Crippen LogP contribution in [0, 0.1) is 6.92 Å². The summed E-state index contributed by atoms with van der Waals surface area (Å²) in [5.41, 5.74) is 1.79. The average molecular weight is 462 g/mol. The molecule has 164 valence electrons. The first kappa shape index (κ1) is 21.6. The molecule has 11 heteroatoms. The number of hydrogen-bond donors (Lipinski definition) is 1. The molecule has 1 N–H and O–H groups in total. The van der Waals surface area contributed by atoms with Crippen molar-refractivity contribution in [2.75, 3.05) is 12.3 Å². The van der Waals surface area contributed by atoms with Gasteiger partial charge in [0.2, 0.25) is 5.91 Å². The molecule has 3 heterocycles. The molecule has 0 bridgehead atoms. The fourth-order valence-electron chi connectivity index (χ4n) is 3.46. The van der Waals surface area contributed by atoms with Crippen molar-refractivity contribution in [1.82, 2.24) is 34.4 Å². The van der Waals surface area contributed by atoms with Gasteiger partial charge in [0, 0.05) is 31.1 Å². The Morgan fingerprint density at radius 2 is 2.19 bits per heavy atom. The lowest BCUT2D eigenvalue weighted by Crippen LogP contribution is -2.30. The van der Waals surface area contributed by atoms with Gasteiger partial charge in [-0.05, 0) is 43.9 Å². The minimum Gasteiger partial charge on any atom is -0.355 e. The molecule has 0 aliphatic carbocycles. The van der Waals surface area contributed by atoms with Crippen molar-refractivity contribution in [3.05, 3.63) is 51.4 Å². The molecule has 31 heavy (non-hydrogen) atoms. The van der Waals surface area contributed by atoms with Crippen molar-refractivity contribution in [3.8, 4) is 5.69 Å². The third kappa shape index (κ3) is 5.01. The van der Waals surface area contributed by atoms with E-state index in [9.17, 15) is 9.59 Å². The highest BCUT2D eigenvalue weighted by molar-refractivity contribution is 7.99. The summed E-state index contributed by atoms with van der Waals surface area (Å²) in [5.74, 6) is 0.991. The first-order valence-corrected chi connectivity index (χ1v) is 11.6. The molecule has 1 aromatic carbocycles. The number of aryl methyl sites for hydroxylation is 3. The fourth-order valence-corrected chi connectivity index (χ4v) is 4.40. The van der Waals surface area contributed by atoms with Crippen LogP contribution in [0.15, 0.2) is 34.5 Å². The van der Waals surface area contributed by atoms with Crippen molar-refractivity contribution < 1.29 is 4.79 Å². The fraction of sp³-hybridized carbons (Fsp3) is 0.450. The second kappa shape index (κ2) is 9.69. The standard InChI is InChI=1S/C20H24ClN7O2S/c1-14-6-7-15(11-16(14)21)27-13-23-24-19(27)31-12-18(29)22-8-4-10-28-20(30)26-9-3-2-5-17(26)25-28/h6-7,11,13H,2-5,8-10,12H2,1H3,(H,22,29). The number of halogens is 1. The highest BCUT2D eigenvalue weighted by atomic mass is 35.5. The summed E-state index contributed by atoms with van der Waals surface area (Å²) in [7, 11) is 0. The van der Waals surface area contributed by atoms with E-state index in [0.717, 1.165) is 42.9 Å². The van der Waals surface area contributed by atoms with Crippen molar-refractivity contribution in [3.63, 3.8) is 0 Å². The Hall–Kier alpha value is -2.59. The van der Waals surface area contributed by atoms with Crippen molar-refractivity contribution in [2.24, 2.45) is 0 Å². The Kier molecular flexibility index (Phi) is 6.77. The van der Waals surface area contributed by atoms with Crippen LogP contribution in [0.3, 0.4) is 0 Å². The Labute approximate surface area is 188 Å². The first-order valence-electron chi connectivity index (χ1n) is 10.3. The molecule has 4 rings (SSSR count). The quantitative estimate of drug-likeness (QED) is 0.408. The average Bonchev–Trinajstić information content (AvgIpc) is 3.36. The summed E-state index contributed by atoms with van der Waals surface area (Å²) in [6.07, 6.45) is 5.20. The van der Waals surface area contributed by atoms with Gasteiger partial charge in [0.1, 0.15) is 12.2 Å². The van der Waals surface area contributed by atoms with Gasteiger partial charge in [0.15, 0.2) is 5.16 Å². The smallest absolute Gasteiger partial charge is 0.345 e. The summed E-state index contributed by atoms with van der Waals surface area (Å²) >= 11 is 7.52. The van der Waals surface area contributed by atoms with Gasteiger partial charge in [0.25, 0.3) is 0 Å². The molecule has 2 aromatic heterocycles. The number of carbonyl (C=O) groups is 1. The third-order valence-electron chi connectivity index (χ3n) is 5.18. The molecule has 0 fully saturated rings. The Morgan fingerprint density at radius 3 is 3.00 bits per heavy atom. The lowest BCUT2D eigenvalue weighted by molar-refractivity contribution is -0.118. The van der Waals surface area contributed by atoms with Crippen LogP contribution in [0.4, 0.5) is 0 Å². The van der Waals surface area contributed by atoms with Gasteiger partial charge in [-0.3, -0.25) is 13.9 Å². The van der Waals surface area contributed by atoms with Gasteiger partial charge >= 0.3 is 5.69 Å². The van der Waals surface area contributed by atoms with E-state index >= 15 is 0 Å². The summed E-state index contributed by atoms with van der Waals surface area (Å²) in [5, 5.41) is 16.6. The van der Waals surface area contributed by atoms with Crippen LogP contribution in [0.1, 0.15) is 30.7 Å². The Morgan fingerprint density at radius 1 is 1.32 bits per heavy atom. The van der Waals surface area contributed by atoms with Crippen molar-refractivity contribution >= 4 is 29.3 Å². The SMILES string of the molecule is Cc1ccc(-n2cnnc2SCC(=O)NCCCn2nc3n(c2=O)CCCC3)cc1Cl. The van der Waals surface area contributed by atoms with Crippen LogP contribution < -0.4 is 11.0 Å². The maximum Gasteiger partial charge on any atom is 0.345 e. The van der Waals surface area contributed by atoms with E-state index in [1.807, 2.05) is 25.1 Å². The minimum absolute atomic E-state index is 0.0490. The molecular weight excluding hydrogens is 438 g/mol. The van der Waals surface area contributed by atoms with Gasteiger partial charge in [0.05, 0.1) is 11.4 Å². The van der Waals surface area contributed by atoms with E-state index < -0.39 is 0 Å². The normalized spacial score (nSPS) is 13.2. The van der Waals surface area contributed by atoms with Crippen LogP contribution >= 0.6 is 23.4 Å². The number of benzene rings is 1. The molecule has 0 atom stereocenters. The molecule has 0 radical (unpaired) electrons. The van der Waals surface area contributed by atoms with Crippen LogP contribution in [0.25, 0.3) is 5.69 Å². The summed E-state index contributed by atoms with van der Waals surface area (Å²) in [6, 6.07) is 5.71. The summed E-state index contributed by atoms with van der Waals surface area (Å²) in [6.45, 7) is 3.67.